The molecular weight excluding hydrogens is 312 g/mol. The summed E-state index contributed by atoms with van der Waals surface area (Å²) in [5, 5.41) is 2.91. The molecule has 24 heavy (non-hydrogen) atoms. The van der Waals surface area contributed by atoms with Gasteiger partial charge in [0.05, 0.1) is 18.0 Å². The van der Waals surface area contributed by atoms with Crippen molar-refractivity contribution < 1.29 is 9.53 Å². The molecule has 2 N–H and O–H groups in total. The molecule has 1 aromatic carbocycles. The van der Waals surface area contributed by atoms with Gasteiger partial charge in [-0.3, -0.25) is 14.2 Å². The number of methoxy groups -OCH3 is 1. The molecule has 0 atom stereocenters. The summed E-state index contributed by atoms with van der Waals surface area (Å²) in [6.45, 7) is -0.420. The van der Waals surface area contributed by atoms with E-state index in [-0.39, 0.29) is 5.88 Å². The third-order valence-electron chi connectivity index (χ3n) is 3.43. The van der Waals surface area contributed by atoms with Crippen LogP contribution in [-0.4, -0.2) is 27.6 Å². The van der Waals surface area contributed by atoms with Gasteiger partial charge in [-0.25, -0.2) is 9.78 Å². The van der Waals surface area contributed by atoms with Crippen molar-refractivity contribution in [2.45, 2.75) is 6.54 Å². The summed E-state index contributed by atoms with van der Waals surface area (Å²) < 4.78 is 5.89. The molecule has 0 fully saturated rings. The van der Waals surface area contributed by atoms with Crippen LogP contribution in [0.3, 0.4) is 0 Å². The minimum absolute atomic E-state index is 0.241. The highest BCUT2D eigenvalue weighted by atomic mass is 16.5. The van der Waals surface area contributed by atoms with Crippen LogP contribution in [0.25, 0.3) is 10.9 Å². The fraction of sp³-hybridized carbons (Fsp3) is 0.125. The van der Waals surface area contributed by atoms with E-state index in [1.54, 1.807) is 36.4 Å². The Hall–Kier alpha value is -3.42. The zero-order chi connectivity index (χ0) is 17.1. The first-order chi connectivity index (χ1) is 11.6. The predicted molar refractivity (Wildman–Crippen MR) is 88.2 cm³/mol. The first-order valence-electron chi connectivity index (χ1n) is 7.11. The number of rotatable bonds is 4. The number of nitrogens with zero attached hydrogens (tertiary/aromatic N) is 2. The van der Waals surface area contributed by atoms with Crippen molar-refractivity contribution in [1.82, 2.24) is 14.5 Å². The van der Waals surface area contributed by atoms with E-state index in [1.807, 2.05) is 0 Å². The standard InChI is InChI=1S/C16H14N4O4/c1-24-14-12(7-4-8-17-14)18-13(21)9-20-15(22)10-5-2-3-6-11(10)19-16(20)23/h2-8H,9H2,1H3,(H,18,21)(H,19,23). The number of hydrogen-bond acceptors (Lipinski definition) is 5. The normalized spacial score (nSPS) is 10.5. The Bertz CT molecular complexity index is 1020. The third kappa shape index (κ3) is 2.89. The Morgan fingerprint density at radius 3 is 2.83 bits per heavy atom. The number of nitrogens with one attached hydrogen (secondary N) is 2. The lowest BCUT2D eigenvalue weighted by Gasteiger charge is -2.10. The lowest BCUT2D eigenvalue weighted by molar-refractivity contribution is -0.116. The molecule has 0 aliphatic rings. The number of pyridine rings is 1. The van der Waals surface area contributed by atoms with Crippen LogP contribution in [0.15, 0.2) is 52.2 Å². The lowest BCUT2D eigenvalue weighted by Crippen LogP contribution is -2.38. The molecule has 122 valence electrons. The van der Waals surface area contributed by atoms with Crippen LogP contribution in [0.1, 0.15) is 0 Å². The largest absolute Gasteiger partial charge is 0.480 e. The summed E-state index contributed by atoms with van der Waals surface area (Å²) in [5.74, 6) is -0.296. The van der Waals surface area contributed by atoms with E-state index < -0.39 is 23.7 Å². The van der Waals surface area contributed by atoms with Gasteiger partial charge in [0, 0.05) is 6.20 Å². The highest BCUT2D eigenvalue weighted by Gasteiger charge is 2.13. The summed E-state index contributed by atoms with van der Waals surface area (Å²) in [6.07, 6.45) is 1.52. The van der Waals surface area contributed by atoms with Gasteiger partial charge in [-0.05, 0) is 24.3 Å². The fourth-order valence-electron chi connectivity index (χ4n) is 2.32. The van der Waals surface area contributed by atoms with Crippen LogP contribution in [0.5, 0.6) is 5.88 Å². The number of anilines is 1. The van der Waals surface area contributed by atoms with Gasteiger partial charge in [0.1, 0.15) is 12.2 Å². The first kappa shape index (κ1) is 15.5. The van der Waals surface area contributed by atoms with Crippen LogP contribution >= 0.6 is 0 Å². The zero-order valence-corrected chi connectivity index (χ0v) is 12.8. The van der Waals surface area contributed by atoms with E-state index in [4.69, 9.17) is 4.74 Å². The molecule has 0 spiro atoms. The summed E-state index contributed by atoms with van der Waals surface area (Å²) in [4.78, 5) is 43.2. The summed E-state index contributed by atoms with van der Waals surface area (Å²) >= 11 is 0. The molecule has 8 heteroatoms. The summed E-state index contributed by atoms with van der Waals surface area (Å²) in [7, 11) is 1.43. The van der Waals surface area contributed by atoms with Gasteiger partial charge in [0.2, 0.25) is 11.8 Å². The monoisotopic (exact) mass is 326 g/mol. The van der Waals surface area contributed by atoms with Crippen molar-refractivity contribution in [2.75, 3.05) is 12.4 Å². The number of carbonyl (C=O) groups excluding carboxylic acids is 1. The van der Waals surface area contributed by atoms with Crippen LogP contribution in [0.2, 0.25) is 0 Å². The average Bonchev–Trinajstić information content (AvgIpc) is 2.59. The van der Waals surface area contributed by atoms with E-state index in [0.717, 1.165) is 4.57 Å². The predicted octanol–water partition coefficient (Wildman–Crippen LogP) is 0.732. The van der Waals surface area contributed by atoms with Gasteiger partial charge in [-0.15, -0.1) is 0 Å². The summed E-state index contributed by atoms with van der Waals surface area (Å²) in [6, 6.07) is 9.86. The minimum Gasteiger partial charge on any atom is -0.480 e. The number of hydrogen-bond donors (Lipinski definition) is 2. The minimum atomic E-state index is -0.646. The Morgan fingerprint density at radius 2 is 2.04 bits per heavy atom. The highest BCUT2D eigenvalue weighted by Crippen LogP contribution is 2.19. The van der Waals surface area contributed by atoms with Gasteiger partial charge in [-0.1, -0.05) is 12.1 Å². The second-order valence-electron chi connectivity index (χ2n) is 4.98. The quantitative estimate of drug-likeness (QED) is 0.735. The molecule has 0 aliphatic carbocycles. The number of aromatic nitrogens is 3. The molecule has 0 bridgehead atoms. The van der Waals surface area contributed by atoms with Crippen molar-refractivity contribution in [3.8, 4) is 5.88 Å². The number of fused-ring (bicyclic) bond motifs is 1. The Kier molecular flexibility index (Phi) is 4.11. The molecule has 2 heterocycles. The lowest BCUT2D eigenvalue weighted by atomic mass is 10.2. The maximum atomic E-state index is 12.4. The van der Waals surface area contributed by atoms with Crippen molar-refractivity contribution in [3.63, 3.8) is 0 Å². The molecule has 0 aliphatic heterocycles. The summed E-state index contributed by atoms with van der Waals surface area (Å²) in [5.41, 5.74) is -0.386. The van der Waals surface area contributed by atoms with E-state index in [9.17, 15) is 14.4 Å². The molecule has 0 saturated heterocycles. The van der Waals surface area contributed by atoms with Crippen molar-refractivity contribution in [1.29, 1.82) is 0 Å². The van der Waals surface area contributed by atoms with Gasteiger partial charge in [0.15, 0.2) is 0 Å². The van der Waals surface area contributed by atoms with Crippen LogP contribution in [0, 0.1) is 0 Å². The number of H-pyrrole nitrogens is 1. The smallest absolute Gasteiger partial charge is 0.329 e. The molecule has 1 amide bonds. The van der Waals surface area contributed by atoms with Gasteiger partial charge < -0.3 is 15.0 Å². The van der Waals surface area contributed by atoms with E-state index >= 15 is 0 Å². The topological polar surface area (TPSA) is 106 Å². The van der Waals surface area contributed by atoms with Crippen LogP contribution < -0.4 is 21.3 Å². The van der Waals surface area contributed by atoms with Crippen LogP contribution in [-0.2, 0) is 11.3 Å². The van der Waals surface area contributed by atoms with E-state index in [1.165, 1.54) is 13.3 Å². The SMILES string of the molecule is COc1ncccc1NC(=O)Cn1c(=O)[nH]c2ccccc2c1=O. The molecule has 3 aromatic rings. The Morgan fingerprint density at radius 1 is 1.25 bits per heavy atom. The maximum Gasteiger partial charge on any atom is 0.329 e. The number of aromatic amines is 1. The Balaban J connectivity index is 1.91. The van der Waals surface area contributed by atoms with Crippen LogP contribution in [0.4, 0.5) is 5.69 Å². The molecule has 8 nitrogen and oxygen atoms in total. The van der Waals surface area contributed by atoms with Gasteiger partial charge >= 0.3 is 5.69 Å². The molecule has 0 radical (unpaired) electrons. The number of carbonyl (C=O) groups is 1. The number of amides is 1. The van der Waals surface area contributed by atoms with E-state index in [2.05, 4.69) is 15.3 Å². The number of ether oxygens (including phenoxy) is 1. The average molecular weight is 326 g/mol. The first-order valence-corrected chi connectivity index (χ1v) is 7.11. The van der Waals surface area contributed by atoms with Crippen molar-refractivity contribution >= 4 is 22.5 Å². The molecule has 0 unspecified atom stereocenters. The van der Waals surface area contributed by atoms with Gasteiger partial charge in [-0.2, -0.15) is 0 Å². The molecular formula is C16H14N4O4. The maximum absolute atomic E-state index is 12.4. The number of benzene rings is 1. The second-order valence-corrected chi connectivity index (χ2v) is 4.98. The van der Waals surface area contributed by atoms with Gasteiger partial charge in [0.25, 0.3) is 5.56 Å². The second kappa shape index (κ2) is 6.37. The fourth-order valence-corrected chi connectivity index (χ4v) is 2.32. The molecule has 2 aromatic heterocycles. The third-order valence-corrected chi connectivity index (χ3v) is 3.43. The molecule has 0 saturated carbocycles. The zero-order valence-electron chi connectivity index (χ0n) is 12.8. The highest BCUT2D eigenvalue weighted by molar-refractivity contribution is 5.91. The Labute approximate surface area is 135 Å². The molecule has 3 rings (SSSR count). The number of para-hydroxylation sites is 1. The van der Waals surface area contributed by atoms with Crippen molar-refractivity contribution in [2.24, 2.45) is 0 Å². The van der Waals surface area contributed by atoms with E-state index in [0.29, 0.717) is 16.6 Å². The van der Waals surface area contributed by atoms with Crippen molar-refractivity contribution in [3.05, 3.63) is 63.4 Å².